The van der Waals surface area contributed by atoms with Gasteiger partial charge in [-0.2, -0.15) is 0 Å². The first-order valence-corrected chi connectivity index (χ1v) is 11.8. The molecule has 2 aromatic heterocycles. The van der Waals surface area contributed by atoms with Crippen molar-refractivity contribution in [3.8, 4) is 0 Å². The molecule has 3 amide bonds. The molecule has 0 saturated carbocycles. The van der Waals surface area contributed by atoms with E-state index in [-0.39, 0.29) is 36.4 Å². The van der Waals surface area contributed by atoms with Crippen molar-refractivity contribution >= 4 is 40.7 Å². The Morgan fingerprint density at radius 2 is 1.84 bits per heavy atom. The van der Waals surface area contributed by atoms with Gasteiger partial charge in [-0.3, -0.25) is 19.4 Å². The SMILES string of the molecule is O=C(Nc1ccc(CN2C(=O)c3ccc(Cl)cc3NC(=O)C2Cc2ccccn2)cc1)c1ccncn1. The fourth-order valence-electron chi connectivity index (χ4n) is 4.07. The summed E-state index contributed by atoms with van der Waals surface area (Å²) in [5.74, 6) is -0.985. The van der Waals surface area contributed by atoms with Gasteiger partial charge in [-0.05, 0) is 54.1 Å². The molecule has 0 radical (unpaired) electrons. The van der Waals surface area contributed by atoms with Crippen LogP contribution in [0.5, 0.6) is 0 Å². The Kier molecular flexibility index (Phi) is 6.87. The molecular weight excluding hydrogens is 492 g/mol. The summed E-state index contributed by atoms with van der Waals surface area (Å²) in [4.78, 5) is 53.0. The zero-order chi connectivity index (χ0) is 25.8. The lowest BCUT2D eigenvalue weighted by Crippen LogP contribution is -2.46. The first-order valence-electron chi connectivity index (χ1n) is 11.5. The van der Waals surface area contributed by atoms with Crippen molar-refractivity contribution in [1.82, 2.24) is 19.9 Å². The molecule has 0 saturated heterocycles. The van der Waals surface area contributed by atoms with E-state index in [1.165, 1.54) is 23.5 Å². The number of anilines is 2. The van der Waals surface area contributed by atoms with Gasteiger partial charge < -0.3 is 15.5 Å². The number of nitrogens with one attached hydrogen (secondary N) is 2. The van der Waals surface area contributed by atoms with Crippen LogP contribution in [-0.2, 0) is 17.8 Å². The first kappa shape index (κ1) is 24.1. The molecule has 2 aromatic carbocycles. The van der Waals surface area contributed by atoms with Gasteiger partial charge in [0, 0.05) is 41.8 Å². The van der Waals surface area contributed by atoms with E-state index in [0.29, 0.717) is 27.7 Å². The van der Waals surface area contributed by atoms with Crippen LogP contribution < -0.4 is 10.6 Å². The smallest absolute Gasteiger partial charge is 0.274 e. The lowest BCUT2D eigenvalue weighted by molar-refractivity contribution is -0.120. The van der Waals surface area contributed by atoms with Crippen molar-refractivity contribution < 1.29 is 14.4 Å². The van der Waals surface area contributed by atoms with Crippen LogP contribution in [0.3, 0.4) is 0 Å². The minimum absolute atomic E-state index is 0.173. The summed E-state index contributed by atoms with van der Waals surface area (Å²) in [7, 11) is 0. The van der Waals surface area contributed by atoms with Gasteiger partial charge in [0.25, 0.3) is 11.8 Å². The molecule has 0 spiro atoms. The average Bonchev–Trinajstić information content (AvgIpc) is 3.00. The van der Waals surface area contributed by atoms with Crippen LogP contribution >= 0.6 is 11.6 Å². The molecule has 0 bridgehead atoms. The van der Waals surface area contributed by atoms with Crippen LogP contribution in [0.25, 0.3) is 0 Å². The summed E-state index contributed by atoms with van der Waals surface area (Å²) in [6, 6.07) is 18.0. The molecule has 0 aliphatic carbocycles. The highest BCUT2D eigenvalue weighted by Crippen LogP contribution is 2.29. The number of aromatic nitrogens is 3. The summed E-state index contributed by atoms with van der Waals surface area (Å²) in [5, 5.41) is 6.05. The van der Waals surface area contributed by atoms with Crippen molar-refractivity contribution in [1.29, 1.82) is 0 Å². The normalized spacial score (nSPS) is 14.9. The molecule has 1 unspecified atom stereocenters. The molecule has 1 atom stereocenters. The second-order valence-electron chi connectivity index (χ2n) is 8.40. The molecule has 10 heteroatoms. The van der Waals surface area contributed by atoms with Gasteiger partial charge in [-0.25, -0.2) is 9.97 Å². The molecule has 5 rings (SSSR count). The van der Waals surface area contributed by atoms with Gasteiger partial charge in [-0.15, -0.1) is 0 Å². The van der Waals surface area contributed by atoms with Gasteiger partial charge in [0.2, 0.25) is 5.91 Å². The second-order valence-corrected chi connectivity index (χ2v) is 8.84. The van der Waals surface area contributed by atoms with Crippen LogP contribution in [0.2, 0.25) is 5.02 Å². The maximum absolute atomic E-state index is 13.7. The molecule has 9 nitrogen and oxygen atoms in total. The van der Waals surface area contributed by atoms with E-state index in [4.69, 9.17) is 11.6 Å². The predicted octanol–water partition coefficient (Wildman–Crippen LogP) is 3.98. The largest absolute Gasteiger partial charge is 0.323 e. The summed E-state index contributed by atoms with van der Waals surface area (Å²) in [6.07, 6.45) is 4.69. The Bertz CT molecular complexity index is 1450. The zero-order valence-electron chi connectivity index (χ0n) is 19.5. The lowest BCUT2D eigenvalue weighted by Gasteiger charge is -2.28. The van der Waals surface area contributed by atoms with Crippen molar-refractivity contribution in [3.63, 3.8) is 0 Å². The zero-order valence-corrected chi connectivity index (χ0v) is 20.2. The van der Waals surface area contributed by atoms with Crippen LogP contribution in [0.1, 0.15) is 32.1 Å². The third-order valence-corrected chi connectivity index (χ3v) is 6.15. The number of hydrogen-bond acceptors (Lipinski definition) is 6. The molecule has 0 fully saturated rings. The van der Waals surface area contributed by atoms with Crippen LogP contribution in [0.4, 0.5) is 11.4 Å². The Balaban J connectivity index is 1.41. The molecule has 2 N–H and O–H groups in total. The lowest BCUT2D eigenvalue weighted by atomic mass is 10.1. The number of hydrogen-bond donors (Lipinski definition) is 2. The predicted molar refractivity (Wildman–Crippen MR) is 138 cm³/mol. The average molecular weight is 513 g/mol. The van der Waals surface area contributed by atoms with E-state index < -0.39 is 6.04 Å². The number of carbonyl (C=O) groups is 3. The van der Waals surface area contributed by atoms with E-state index in [2.05, 4.69) is 25.6 Å². The summed E-state index contributed by atoms with van der Waals surface area (Å²) >= 11 is 6.12. The Morgan fingerprint density at radius 3 is 2.57 bits per heavy atom. The molecule has 1 aliphatic rings. The van der Waals surface area contributed by atoms with Gasteiger partial charge in [0.15, 0.2) is 0 Å². The number of benzene rings is 2. The van der Waals surface area contributed by atoms with Gasteiger partial charge in [0.1, 0.15) is 18.1 Å². The van der Waals surface area contributed by atoms with Crippen molar-refractivity contribution in [2.75, 3.05) is 10.6 Å². The van der Waals surface area contributed by atoms with Crippen LogP contribution in [-0.4, -0.2) is 43.6 Å². The van der Waals surface area contributed by atoms with Gasteiger partial charge in [-0.1, -0.05) is 29.8 Å². The Morgan fingerprint density at radius 1 is 1.00 bits per heavy atom. The Labute approximate surface area is 217 Å². The maximum Gasteiger partial charge on any atom is 0.274 e. The van der Waals surface area contributed by atoms with Gasteiger partial charge in [0.05, 0.1) is 11.3 Å². The van der Waals surface area contributed by atoms with Crippen molar-refractivity contribution in [2.24, 2.45) is 0 Å². The van der Waals surface area contributed by atoms with E-state index in [1.807, 2.05) is 12.1 Å². The molecule has 184 valence electrons. The fourth-order valence-corrected chi connectivity index (χ4v) is 4.24. The number of pyridine rings is 1. The molecule has 3 heterocycles. The van der Waals surface area contributed by atoms with Crippen molar-refractivity contribution in [2.45, 2.75) is 19.0 Å². The van der Waals surface area contributed by atoms with E-state index in [0.717, 1.165) is 5.56 Å². The van der Waals surface area contributed by atoms with Crippen LogP contribution in [0, 0.1) is 0 Å². The summed E-state index contributed by atoms with van der Waals surface area (Å²) in [5.41, 5.74) is 3.01. The third-order valence-electron chi connectivity index (χ3n) is 5.92. The number of carbonyl (C=O) groups excluding carboxylic acids is 3. The van der Waals surface area contributed by atoms with Gasteiger partial charge >= 0.3 is 0 Å². The highest BCUT2D eigenvalue weighted by atomic mass is 35.5. The minimum Gasteiger partial charge on any atom is -0.323 e. The molecule has 4 aromatic rings. The van der Waals surface area contributed by atoms with Crippen molar-refractivity contribution in [3.05, 3.63) is 113 Å². The number of nitrogens with zero attached hydrogens (tertiary/aromatic N) is 4. The van der Waals surface area contributed by atoms with E-state index >= 15 is 0 Å². The number of halogens is 1. The third kappa shape index (κ3) is 5.46. The number of fused-ring (bicyclic) bond motifs is 1. The van der Waals surface area contributed by atoms with Crippen LogP contribution in [0.15, 0.2) is 85.5 Å². The van der Waals surface area contributed by atoms with E-state index in [9.17, 15) is 14.4 Å². The highest BCUT2D eigenvalue weighted by Gasteiger charge is 2.35. The van der Waals surface area contributed by atoms with E-state index in [1.54, 1.807) is 54.7 Å². The monoisotopic (exact) mass is 512 g/mol. The standard InChI is InChI=1S/C27H21ClN6O3/c28-18-6-9-21-23(13-18)33-26(36)24(14-20-3-1-2-11-30-20)34(27(21)37)15-17-4-7-19(8-5-17)32-25(35)22-10-12-29-16-31-22/h1-13,16,24H,14-15H2,(H,32,35)(H,33,36). The molecular formula is C27H21ClN6O3. The number of amides is 3. The quantitative estimate of drug-likeness (QED) is 0.403. The minimum atomic E-state index is -0.800. The molecule has 37 heavy (non-hydrogen) atoms. The highest BCUT2D eigenvalue weighted by molar-refractivity contribution is 6.31. The first-order chi connectivity index (χ1) is 18.0. The summed E-state index contributed by atoms with van der Waals surface area (Å²) in [6.45, 7) is 0.173. The molecule has 1 aliphatic heterocycles. The number of rotatable bonds is 6. The Hall–Kier alpha value is -4.63. The second kappa shape index (κ2) is 10.5. The topological polar surface area (TPSA) is 117 Å². The fraction of sp³-hybridized carbons (Fsp3) is 0.111. The maximum atomic E-state index is 13.7. The summed E-state index contributed by atoms with van der Waals surface area (Å²) < 4.78 is 0.